The monoisotopic (exact) mass is 284 g/mol. The van der Waals surface area contributed by atoms with Crippen LogP contribution in [0.5, 0.6) is 0 Å². The molecule has 7 heteroatoms. The minimum Gasteiger partial charge on any atom is -0.331 e. The zero-order chi connectivity index (χ0) is 15.1. The lowest BCUT2D eigenvalue weighted by molar-refractivity contribution is -0.414. The van der Waals surface area contributed by atoms with Crippen LogP contribution in [0.4, 0.5) is 15.3 Å². The second kappa shape index (κ2) is 6.90. The fraction of sp³-hybridized carbons (Fsp3) is 0.0714. The van der Waals surface area contributed by atoms with Gasteiger partial charge in [0.25, 0.3) is 0 Å². The van der Waals surface area contributed by atoms with E-state index in [-0.39, 0.29) is 6.54 Å². The number of pyridine rings is 1. The lowest BCUT2D eigenvalue weighted by Gasteiger charge is -2.01. The number of primary amides is 1. The Morgan fingerprint density at radius 2 is 1.95 bits per heavy atom. The number of carbonyl (C=O) groups excluding carboxylic acids is 2. The van der Waals surface area contributed by atoms with E-state index in [9.17, 15) is 9.59 Å². The number of hydrogen-bond acceptors (Lipinski definition) is 4. The summed E-state index contributed by atoms with van der Waals surface area (Å²) in [6.45, 7) is 0.245. The lowest BCUT2D eigenvalue weighted by Crippen LogP contribution is -2.38. The second-order valence-corrected chi connectivity index (χ2v) is 4.10. The number of amides is 4. The number of urea groups is 2. The molecule has 106 valence electrons. The van der Waals surface area contributed by atoms with Crippen LogP contribution in [-0.2, 0) is 6.54 Å². The van der Waals surface area contributed by atoms with Crippen LogP contribution in [0.2, 0.25) is 0 Å². The number of aromatic nitrogens is 1. The van der Waals surface area contributed by atoms with Gasteiger partial charge in [0.05, 0.1) is 0 Å². The Bertz CT molecular complexity index is 656. The number of hydrogen-bond donors (Lipinski definition) is 2. The molecule has 0 atom stereocenters. The predicted molar refractivity (Wildman–Crippen MR) is 74.8 cm³/mol. The van der Waals surface area contributed by atoms with E-state index in [1.807, 2.05) is 17.4 Å². The molecule has 1 aromatic carbocycles. The van der Waals surface area contributed by atoms with Gasteiger partial charge in [-0.2, -0.15) is 10.1 Å². The molecule has 4 amide bonds. The van der Waals surface area contributed by atoms with Crippen LogP contribution in [0.1, 0.15) is 5.56 Å². The fourth-order valence-electron chi connectivity index (χ4n) is 1.63. The Hall–Kier alpha value is -3.09. The van der Waals surface area contributed by atoms with Crippen molar-refractivity contribution < 1.29 is 14.3 Å². The molecule has 0 aliphatic heterocycles. The molecule has 0 radical (unpaired) electrons. The summed E-state index contributed by atoms with van der Waals surface area (Å²) < 4.78 is 1.10. The van der Waals surface area contributed by atoms with Crippen LogP contribution in [-0.4, -0.2) is 21.7 Å². The van der Waals surface area contributed by atoms with Crippen LogP contribution in [0.3, 0.4) is 0 Å². The van der Waals surface area contributed by atoms with Gasteiger partial charge in [-0.15, -0.1) is 5.11 Å². The molecule has 3 N–H and O–H groups in total. The van der Waals surface area contributed by atoms with Crippen LogP contribution in [0.25, 0.3) is 0 Å². The maximum absolute atomic E-state index is 12.0. The average Bonchev–Trinajstić information content (AvgIpc) is 2.49. The SMILES string of the molecule is NC(=O)NC(=O)[N+](=NCc1cccnc1)c1ccccc1. The van der Waals surface area contributed by atoms with Crippen molar-refractivity contribution in [2.45, 2.75) is 6.54 Å². The van der Waals surface area contributed by atoms with E-state index in [1.54, 1.807) is 42.7 Å². The number of nitrogens with two attached hydrogens (primary N) is 1. The number of rotatable bonds is 3. The molecule has 0 spiro atoms. The molecular weight excluding hydrogens is 270 g/mol. The summed E-state index contributed by atoms with van der Waals surface area (Å²) in [5.74, 6) is 0. The van der Waals surface area contributed by atoms with Gasteiger partial charge in [-0.05, 0) is 23.8 Å². The summed E-state index contributed by atoms with van der Waals surface area (Å²) in [6, 6.07) is 10.7. The highest BCUT2D eigenvalue weighted by Gasteiger charge is 2.22. The van der Waals surface area contributed by atoms with Gasteiger partial charge in [0.1, 0.15) is 6.54 Å². The number of para-hydroxylation sites is 1. The highest BCUT2D eigenvalue weighted by Crippen LogP contribution is 2.12. The first-order valence-electron chi connectivity index (χ1n) is 6.19. The molecule has 2 rings (SSSR count). The summed E-state index contributed by atoms with van der Waals surface area (Å²) in [5, 5.41) is 6.18. The van der Waals surface area contributed by atoms with Crippen LogP contribution >= 0.6 is 0 Å². The van der Waals surface area contributed by atoms with Gasteiger partial charge in [0.2, 0.25) is 0 Å². The molecule has 0 unspecified atom stereocenters. The zero-order valence-corrected chi connectivity index (χ0v) is 11.1. The Kier molecular flexibility index (Phi) is 4.70. The molecule has 21 heavy (non-hydrogen) atoms. The van der Waals surface area contributed by atoms with Gasteiger partial charge < -0.3 is 5.73 Å². The molecule has 0 saturated heterocycles. The second-order valence-electron chi connectivity index (χ2n) is 4.10. The molecule has 1 aromatic heterocycles. The third-order valence-electron chi connectivity index (χ3n) is 2.54. The molecule has 7 nitrogen and oxygen atoms in total. The van der Waals surface area contributed by atoms with Gasteiger partial charge in [0, 0.05) is 12.4 Å². The summed E-state index contributed by atoms with van der Waals surface area (Å²) >= 11 is 0. The molecule has 0 fully saturated rings. The average molecular weight is 284 g/mol. The Balaban J connectivity index is 2.27. The van der Waals surface area contributed by atoms with Crippen molar-refractivity contribution in [2.24, 2.45) is 10.8 Å². The van der Waals surface area contributed by atoms with Crippen molar-refractivity contribution in [3.05, 3.63) is 60.4 Å². The topological polar surface area (TPSA) is 100 Å². The number of azo groups is 2. The van der Waals surface area contributed by atoms with Crippen molar-refractivity contribution in [1.29, 1.82) is 0 Å². The molecule has 0 bridgehead atoms. The van der Waals surface area contributed by atoms with Gasteiger partial charge in [0.15, 0.2) is 5.69 Å². The third kappa shape index (κ3) is 4.20. The summed E-state index contributed by atoms with van der Waals surface area (Å²) in [4.78, 5) is 26.8. The normalized spacial score (nSPS) is 11.0. The van der Waals surface area contributed by atoms with E-state index in [2.05, 4.69) is 10.1 Å². The third-order valence-corrected chi connectivity index (χ3v) is 2.54. The van der Waals surface area contributed by atoms with Crippen LogP contribution in [0.15, 0.2) is 60.0 Å². The number of nitrogens with one attached hydrogen (secondary N) is 1. The van der Waals surface area contributed by atoms with Crippen LogP contribution in [0, 0.1) is 0 Å². The highest BCUT2D eigenvalue weighted by molar-refractivity contribution is 5.89. The Labute approximate surface area is 121 Å². The van der Waals surface area contributed by atoms with E-state index in [0.29, 0.717) is 5.69 Å². The first-order valence-corrected chi connectivity index (χ1v) is 6.19. The van der Waals surface area contributed by atoms with E-state index < -0.39 is 12.1 Å². The molecule has 0 aliphatic carbocycles. The number of nitrogens with zero attached hydrogens (tertiary/aromatic N) is 3. The van der Waals surface area contributed by atoms with Gasteiger partial charge >= 0.3 is 12.1 Å². The van der Waals surface area contributed by atoms with Crippen molar-refractivity contribution in [1.82, 2.24) is 10.3 Å². The summed E-state index contributed by atoms with van der Waals surface area (Å²) in [5.41, 5.74) is 6.33. The number of carbonyl (C=O) groups is 2. The summed E-state index contributed by atoms with van der Waals surface area (Å²) in [7, 11) is 0. The Morgan fingerprint density at radius 1 is 1.19 bits per heavy atom. The highest BCUT2D eigenvalue weighted by atomic mass is 16.2. The van der Waals surface area contributed by atoms with Crippen molar-refractivity contribution in [3.8, 4) is 0 Å². The van der Waals surface area contributed by atoms with Gasteiger partial charge in [-0.3, -0.25) is 4.98 Å². The summed E-state index contributed by atoms with van der Waals surface area (Å²) in [6.07, 6.45) is 3.30. The van der Waals surface area contributed by atoms with Crippen molar-refractivity contribution in [3.63, 3.8) is 0 Å². The quantitative estimate of drug-likeness (QED) is 0.667. The molecular formula is C14H14N5O2+. The van der Waals surface area contributed by atoms with Gasteiger partial charge in [-0.25, -0.2) is 4.79 Å². The maximum atomic E-state index is 12.0. The van der Waals surface area contributed by atoms with Crippen LogP contribution < -0.4 is 11.1 Å². The van der Waals surface area contributed by atoms with Crippen molar-refractivity contribution in [2.75, 3.05) is 0 Å². The maximum Gasteiger partial charge on any atom is 0.525 e. The fourth-order valence-corrected chi connectivity index (χ4v) is 1.63. The Morgan fingerprint density at radius 3 is 2.57 bits per heavy atom. The van der Waals surface area contributed by atoms with E-state index >= 15 is 0 Å². The minimum absolute atomic E-state index is 0.245. The first-order chi connectivity index (χ1) is 10.2. The van der Waals surface area contributed by atoms with E-state index in [4.69, 9.17) is 5.73 Å². The minimum atomic E-state index is -0.933. The standard InChI is InChI=1S/C14H13N5O2/c15-13(20)18-14(21)19(12-6-2-1-3-7-12)17-10-11-5-4-8-16-9-11/h1-9H,10H2,(H2-,15,18,20,21)/p+1. The van der Waals surface area contributed by atoms with E-state index in [0.717, 1.165) is 10.3 Å². The predicted octanol–water partition coefficient (Wildman–Crippen LogP) is 2.17. The number of benzene rings is 1. The number of imide groups is 1. The van der Waals surface area contributed by atoms with E-state index in [1.165, 1.54) is 0 Å². The van der Waals surface area contributed by atoms with Gasteiger partial charge in [-0.1, -0.05) is 29.0 Å². The molecule has 2 aromatic rings. The molecule has 0 aliphatic rings. The first kappa shape index (κ1) is 14.3. The molecule has 0 saturated carbocycles. The smallest absolute Gasteiger partial charge is 0.331 e. The lowest BCUT2D eigenvalue weighted by atomic mass is 10.3. The zero-order valence-electron chi connectivity index (χ0n) is 11.1. The largest absolute Gasteiger partial charge is 0.525 e. The molecule has 1 heterocycles. The van der Waals surface area contributed by atoms with Crippen molar-refractivity contribution >= 4 is 17.7 Å².